The number of benzene rings is 1. The van der Waals surface area contributed by atoms with Gasteiger partial charge in [0.25, 0.3) is 0 Å². The summed E-state index contributed by atoms with van der Waals surface area (Å²) < 4.78 is 6.45. The van der Waals surface area contributed by atoms with Gasteiger partial charge < -0.3 is 9.84 Å². The fourth-order valence-corrected chi connectivity index (χ4v) is 2.63. The van der Waals surface area contributed by atoms with E-state index in [2.05, 4.69) is 45.2 Å². The van der Waals surface area contributed by atoms with Crippen molar-refractivity contribution in [3.63, 3.8) is 0 Å². The zero-order valence-corrected chi connectivity index (χ0v) is 16.1. The van der Waals surface area contributed by atoms with Crippen LogP contribution in [0, 0.1) is 11.8 Å². The van der Waals surface area contributed by atoms with Crippen molar-refractivity contribution in [2.45, 2.75) is 46.6 Å². The molecule has 0 bridgehead atoms. The molecular formula is C18H24BrN3O2. The summed E-state index contributed by atoms with van der Waals surface area (Å²) in [5.74, 6) is 1.52. The Morgan fingerprint density at radius 3 is 2.50 bits per heavy atom. The van der Waals surface area contributed by atoms with Crippen molar-refractivity contribution >= 4 is 21.8 Å². The van der Waals surface area contributed by atoms with E-state index in [1.807, 2.05) is 38.1 Å². The highest BCUT2D eigenvalue weighted by Gasteiger charge is 2.26. The Morgan fingerprint density at radius 1 is 1.25 bits per heavy atom. The molecule has 6 heteroatoms. The lowest BCUT2D eigenvalue weighted by Crippen LogP contribution is -2.33. The predicted octanol–water partition coefficient (Wildman–Crippen LogP) is 4.75. The number of hydrogen-bond acceptors (Lipinski definition) is 4. The molecule has 0 radical (unpaired) electrons. The van der Waals surface area contributed by atoms with Crippen molar-refractivity contribution < 1.29 is 9.32 Å². The summed E-state index contributed by atoms with van der Waals surface area (Å²) >= 11 is 3.41. The first-order valence-electron chi connectivity index (χ1n) is 8.29. The summed E-state index contributed by atoms with van der Waals surface area (Å²) in [7, 11) is 0. The van der Waals surface area contributed by atoms with Crippen LogP contribution in [0.15, 0.2) is 33.3 Å². The average Bonchev–Trinajstić information content (AvgIpc) is 3.01. The van der Waals surface area contributed by atoms with Gasteiger partial charge in [-0.25, -0.2) is 0 Å². The molecule has 0 unspecified atom stereocenters. The standard InChI is InChI=1S/C18H24BrN3O2/c1-5-12(4)16(20-15(23)10-11(2)3)18-21-17(22-24-18)13-6-8-14(19)9-7-13/h6-9,11-12,16H,5,10H2,1-4H3,(H,20,23)/t12-,16-/m1/s1. The van der Waals surface area contributed by atoms with E-state index in [1.165, 1.54) is 0 Å². The smallest absolute Gasteiger partial charge is 0.249 e. The lowest BCUT2D eigenvalue weighted by atomic mass is 9.98. The molecule has 0 spiro atoms. The quantitative estimate of drug-likeness (QED) is 0.736. The molecule has 2 atom stereocenters. The largest absolute Gasteiger partial charge is 0.344 e. The van der Waals surface area contributed by atoms with Gasteiger partial charge in [0.1, 0.15) is 6.04 Å². The summed E-state index contributed by atoms with van der Waals surface area (Å²) in [5.41, 5.74) is 0.879. The fraction of sp³-hybridized carbons (Fsp3) is 0.500. The molecule has 1 aromatic carbocycles. The first kappa shape index (κ1) is 18.6. The van der Waals surface area contributed by atoms with Gasteiger partial charge in [-0.15, -0.1) is 0 Å². The Labute approximate surface area is 151 Å². The van der Waals surface area contributed by atoms with Crippen molar-refractivity contribution in [3.05, 3.63) is 34.6 Å². The monoisotopic (exact) mass is 393 g/mol. The molecule has 1 N–H and O–H groups in total. The maximum atomic E-state index is 12.2. The average molecular weight is 394 g/mol. The third-order valence-corrected chi connectivity index (χ3v) is 4.46. The molecule has 1 heterocycles. The maximum absolute atomic E-state index is 12.2. The summed E-state index contributed by atoms with van der Waals surface area (Å²) in [5, 5.41) is 7.12. The van der Waals surface area contributed by atoms with Crippen molar-refractivity contribution in [2.24, 2.45) is 11.8 Å². The molecule has 130 valence electrons. The van der Waals surface area contributed by atoms with E-state index in [-0.39, 0.29) is 17.9 Å². The number of carbonyl (C=O) groups excluding carboxylic acids is 1. The minimum Gasteiger partial charge on any atom is -0.344 e. The molecule has 1 amide bonds. The van der Waals surface area contributed by atoms with E-state index in [1.54, 1.807) is 0 Å². The van der Waals surface area contributed by atoms with Crippen LogP contribution in [0.4, 0.5) is 0 Å². The van der Waals surface area contributed by atoms with Crippen molar-refractivity contribution in [1.29, 1.82) is 0 Å². The van der Waals surface area contributed by atoms with Gasteiger partial charge in [0.05, 0.1) is 0 Å². The molecule has 1 aromatic heterocycles. The molecule has 0 fully saturated rings. The highest BCUT2D eigenvalue weighted by atomic mass is 79.9. The fourth-order valence-electron chi connectivity index (χ4n) is 2.36. The zero-order chi connectivity index (χ0) is 17.7. The SMILES string of the molecule is CC[C@@H](C)[C@@H](NC(=O)CC(C)C)c1nc(-c2ccc(Br)cc2)no1. The number of hydrogen-bond donors (Lipinski definition) is 1. The van der Waals surface area contributed by atoms with Crippen LogP contribution >= 0.6 is 15.9 Å². The Bertz CT molecular complexity index is 667. The van der Waals surface area contributed by atoms with Crippen LogP contribution in [0.2, 0.25) is 0 Å². The number of carbonyl (C=O) groups is 1. The van der Waals surface area contributed by atoms with Crippen LogP contribution in [0.5, 0.6) is 0 Å². The summed E-state index contributed by atoms with van der Waals surface area (Å²) in [6, 6.07) is 7.45. The number of nitrogens with one attached hydrogen (secondary N) is 1. The van der Waals surface area contributed by atoms with E-state index >= 15 is 0 Å². The van der Waals surface area contributed by atoms with Crippen LogP contribution in [-0.4, -0.2) is 16.0 Å². The molecule has 24 heavy (non-hydrogen) atoms. The van der Waals surface area contributed by atoms with Crippen molar-refractivity contribution in [2.75, 3.05) is 0 Å². The van der Waals surface area contributed by atoms with E-state index < -0.39 is 0 Å². The Kier molecular flexibility index (Phi) is 6.54. The zero-order valence-electron chi connectivity index (χ0n) is 14.5. The number of halogens is 1. The van der Waals surface area contributed by atoms with Crippen molar-refractivity contribution in [3.8, 4) is 11.4 Å². The van der Waals surface area contributed by atoms with Crippen LogP contribution in [0.3, 0.4) is 0 Å². The number of amides is 1. The van der Waals surface area contributed by atoms with Gasteiger partial charge in [0.2, 0.25) is 17.6 Å². The Hall–Kier alpha value is -1.69. The minimum atomic E-state index is -0.266. The lowest BCUT2D eigenvalue weighted by molar-refractivity contribution is -0.123. The second kappa shape index (κ2) is 8.42. The van der Waals surface area contributed by atoms with E-state index in [0.717, 1.165) is 16.5 Å². The molecule has 0 saturated heterocycles. The first-order valence-corrected chi connectivity index (χ1v) is 9.08. The number of rotatable bonds is 7. The molecule has 0 aliphatic rings. The molecule has 2 aromatic rings. The number of nitrogens with zero attached hydrogens (tertiary/aromatic N) is 2. The van der Waals surface area contributed by atoms with E-state index in [9.17, 15) is 4.79 Å². The lowest BCUT2D eigenvalue weighted by Gasteiger charge is -2.21. The second-order valence-corrected chi connectivity index (χ2v) is 7.41. The second-order valence-electron chi connectivity index (χ2n) is 6.49. The van der Waals surface area contributed by atoms with E-state index in [4.69, 9.17) is 4.52 Å². The topological polar surface area (TPSA) is 68.0 Å². The van der Waals surface area contributed by atoms with Gasteiger partial charge in [-0.2, -0.15) is 4.98 Å². The third kappa shape index (κ3) is 4.90. The van der Waals surface area contributed by atoms with Gasteiger partial charge >= 0.3 is 0 Å². The summed E-state index contributed by atoms with van der Waals surface area (Å²) in [6.07, 6.45) is 1.39. The normalized spacial score (nSPS) is 13.8. The van der Waals surface area contributed by atoms with Gasteiger partial charge in [0, 0.05) is 16.5 Å². The van der Waals surface area contributed by atoms with Crippen molar-refractivity contribution in [1.82, 2.24) is 15.5 Å². The number of aromatic nitrogens is 2. The van der Waals surface area contributed by atoms with Crippen LogP contribution < -0.4 is 5.32 Å². The third-order valence-electron chi connectivity index (χ3n) is 3.93. The highest BCUT2D eigenvalue weighted by Crippen LogP contribution is 2.26. The van der Waals surface area contributed by atoms with Crippen LogP contribution in [-0.2, 0) is 4.79 Å². The summed E-state index contributed by atoms with van der Waals surface area (Å²) in [4.78, 5) is 16.7. The Balaban J connectivity index is 2.21. The molecule has 2 rings (SSSR count). The Morgan fingerprint density at radius 2 is 1.92 bits per heavy atom. The van der Waals surface area contributed by atoms with E-state index in [0.29, 0.717) is 24.1 Å². The van der Waals surface area contributed by atoms with Gasteiger partial charge in [0.15, 0.2) is 0 Å². The maximum Gasteiger partial charge on any atom is 0.249 e. The molecular weight excluding hydrogens is 370 g/mol. The molecule has 0 aliphatic carbocycles. The van der Waals surface area contributed by atoms with Crippen LogP contribution in [0.1, 0.15) is 52.5 Å². The predicted molar refractivity (Wildman–Crippen MR) is 97.2 cm³/mol. The minimum absolute atomic E-state index is 0.0127. The highest BCUT2D eigenvalue weighted by molar-refractivity contribution is 9.10. The molecule has 0 saturated carbocycles. The summed E-state index contributed by atoms with van der Waals surface area (Å²) in [6.45, 7) is 8.20. The molecule has 5 nitrogen and oxygen atoms in total. The van der Waals surface area contributed by atoms with Crippen LogP contribution in [0.25, 0.3) is 11.4 Å². The van der Waals surface area contributed by atoms with Gasteiger partial charge in [-0.3, -0.25) is 4.79 Å². The first-order chi connectivity index (χ1) is 11.4. The molecule has 0 aliphatic heterocycles. The van der Waals surface area contributed by atoms with Gasteiger partial charge in [-0.1, -0.05) is 55.2 Å². The van der Waals surface area contributed by atoms with Gasteiger partial charge in [-0.05, 0) is 36.1 Å².